The lowest BCUT2D eigenvalue weighted by molar-refractivity contribution is -0.0659. The Morgan fingerprint density at radius 3 is 1.72 bits per heavy atom. The molecule has 0 aromatic heterocycles. The first-order chi connectivity index (χ1) is 15.3. The van der Waals surface area contributed by atoms with Crippen LogP contribution >= 0.6 is 7.92 Å². The van der Waals surface area contributed by atoms with E-state index in [2.05, 4.69) is 86.2 Å². The van der Waals surface area contributed by atoms with E-state index in [9.17, 15) is 4.55 Å². The highest BCUT2D eigenvalue weighted by Crippen LogP contribution is 2.62. The summed E-state index contributed by atoms with van der Waals surface area (Å²) in [5.41, 5.74) is 0.319. The lowest BCUT2D eigenvalue weighted by Gasteiger charge is -2.59. The first-order valence-electron chi connectivity index (χ1n) is 12.4. The standard InChI is InChI=1S/C28H38NOPS/c1-27(2,3)32(30)29-26(28-17-21-14-22(18-28)16-23(15-21)19-28)20-31(24-10-6-4-7-11-24)25-12-8-5-9-13-25/h4-13,21-23,26,29H,14-20H2,1-3H3/t21?,22?,23?,26-,28?,32+/m1/s1. The van der Waals surface area contributed by atoms with Crippen molar-refractivity contribution in [1.29, 1.82) is 0 Å². The smallest absolute Gasteiger partial charge is 0.136 e. The second-order valence-electron chi connectivity index (χ2n) is 11.6. The van der Waals surface area contributed by atoms with E-state index in [0.29, 0.717) is 11.5 Å². The van der Waals surface area contributed by atoms with Crippen LogP contribution in [0, 0.1) is 23.2 Å². The van der Waals surface area contributed by atoms with Crippen LogP contribution in [0.5, 0.6) is 0 Å². The lowest BCUT2D eigenvalue weighted by Crippen LogP contribution is -2.60. The molecule has 0 saturated heterocycles. The van der Waals surface area contributed by atoms with E-state index in [1.54, 1.807) is 0 Å². The van der Waals surface area contributed by atoms with E-state index < -0.39 is 19.3 Å². The zero-order valence-electron chi connectivity index (χ0n) is 19.8. The van der Waals surface area contributed by atoms with Crippen LogP contribution in [0.2, 0.25) is 0 Å². The monoisotopic (exact) mass is 467 g/mol. The molecule has 0 radical (unpaired) electrons. The first kappa shape index (κ1) is 22.9. The van der Waals surface area contributed by atoms with E-state index in [-0.39, 0.29) is 4.75 Å². The Hall–Kier alpha value is -0.860. The van der Waals surface area contributed by atoms with Gasteiger partial charge in [-0.2, -0.15) is 0 Å². The van der Waals surface area contributed by atoms with Gasteiger partial charge >= 0.3 is 0 Å². The van der Waals surface area contributed by atoms with E-state index in [0.717, 1.165) is 23.9 Å². The summed E-state index contributed by atoms with van der Waals surface area (Å²) in [5.74, 6) is 2.69. The Morgan fingerprint density at radius 1 is 0.875 bits per heavy atom. The average Bonchev–Trinajstić information content (AvgIpc) is 2.76. The van der Waals surface area contributed by atoms with E-state index in [1.165, 1.54) is 49.1 Å². The molecule has 4 bridgehead atoms. The van der Waals surface area contributed by atoms with Gasteiger partial charge in [0.15, 0.2) is 0 Å². The minimum absolute atomic E-state index is 0.247. The van der Waals surface area contributed by atoms with Crippen molar-refractivity contribution in [2.45, 2.75) is 70.1 Å². The van der Waals surface area contributed by atoms with Gasteiger partial charge in [-0.15, -0.1) is 4.72 Å². The molecular weight excluding hydrogens is 429 g/mol. The van der Waals surface area contributed by atoms with Gasteiger partial charge in [-0.05, 0) is 107 Å². The van der Waals surface area contributed by atoms with E-state index in [1.807, 2.05) is 0 Å². The molecule has 0 unspecified atom stereocenters. The van der Waals surface area contributed by atoms with Gasteiger partial charge in [0.2, 0.25) is 0 Å². The van der Waals surface area contributed by atoms with Crippen molar-refractivity contribution < 1.29 is 4.55 Å². The highest BCUT2D eigenvalue weighted by atomic mass is 32.2. The summed E-state index contributed by atoms with van der Waals surface area (Å²) in [4.78, 5) is 0. The van der Waals surface area contributed by atoms with E-state index >= 15 is 0 Å². The molecule has 2 nitrogen and oxygen atoms in total. The van der Waals surface area contributed by atoms with Gasteiger partial charge in [-0.1, -0.05) is 60.7 Å². The third-order valence-electron chi connectivity index (χ3n) is 8.13. The number of nitrogens with one attached hydrogen (secondary N) is 1. The molecule has 4 heteroatoms. The summed E-state index contributed by atoms with van der Waals surface area (Å²) < 4.78 is 17.0. The molecule has 4 saturated carbocycles. The largest absolute Gasteiger partial charge is 0.598 e. The van der Waals surface area contributed by atoms with Crippen LogP contribution in [0.25, 0.3) is 0 Å². The summed E-state index contributed by atoms with van der Waals surface area (Å²) in [6, 6.07) is 22.4. The minimum atomic E-state index is -1.05. The predicted octanol–water partition coefficient (Wildman–Crippen LogP) is 5.76. The molecular formula is C28H38NOPS. The SMILES string of the molecule is CC(C)(C)[S@+]([O-])N[C@H](CP(c1ccccc1)c1ccccc1)C12CC3CC(CC(C3)C1)C2. The van der Waals surface area contributed by atoms with Gasteiger partial charge in [0, 0.05) is 11.4 Å². The van der Waals surface area contributed by atoms with Gasteiger partial charge in [0.25, 0.3) is 0 Å². The Bertz CT molecular complexity index is 822. The molecule has 0 aliphatic heterocycles. The fourth-order valence-corrected chi connectivity index (χ4v) is 10.7. The zero-order chi connectivity index (χ0) is 22.3. The van der Waals surface area contributed by atoms with Gasteiger partial charge in [0.05, 0.1) is 6.04 Å². The Morgan fingerprint density at radius 2 is 1.31 bits per heavy atom. The topological polar surface area (TPSA) is 35.1 Å². The van der Waals surface area contributed by atoms with Gasteiger partial charge in [-0.25, -0.2) is 0 Å². The van der Waals surface area contributed by atoms with E-state index in [4.69, 9.17) is 0 Å². The van der Waals surface area contributed by atoms with Crippen LogP contribution in [-0.4, -0.2) is 21.5 Å². The summed E-state index contributed by atoms with van der Waals surface area (Å²) >= 11 is -1.05. The molecule has 32 heavy (non-hydrogen) atoms. The maximum absolute atomic E-state index is 13.4. The van der Waals surface area contributed by atoms with Crippen LogP contribution in [0.4, 0.5) is 0 Å². The van der Waals surface area contributed by atoms with Crippen molar-refractivity contribution in [3.8, 4) is 0 Å². The van der Waals surface area contributed by atoms with Crippen molar-refractivity contribution in [2.75, 3.05) is 6.16 Å². The van der Waals surface area contributed by atoms with Crippen LogP contribution in [-0.2, 0) is 11.4 Å². The molecule has 2 aromatic rings. The maximum Gasteiger partial charge on any atom is 0.136 e. The van der Waals surface area contributed by atoms with Crippen molar-refractivity contribution in [3.05, 3.63) is 60.7 Å². The minimum Gasteiger partial charge on any atom is -0.598 e. The number of rotatable bonds is 7. The molecule has 0 spiro atoms. The molecule has 2 atom stereocenters. The predicted molar refractivity (Wildman–Crippen MR) is 139 cm³/mol. The van der Waals surface area contributed by atoms with Crippen molar-refractivity contribution >= 4 is 29.9 Å². The fourth-order valence-electron chi connectivity index (χ4n) is 7.02. The highest BCUT2D eigenvalue weighted by molar-refractivity contribution is 7.90. The average molecular weight is 468 g/mol. The number of benzene rings is 2. The van der Waals surface area contributed by atoms with Crippen LogP contribution in [0.15, 0.2) is 60.7 Å². The molecule has 1 N–H and O–H groups in total. The molecule has 0 amide bonds. The molecule has 172 valence electrons. The summed E-state index contributed by atoms with van der Waals surface area (Å²) in [6.45, 7) is 6.30. The molecule has 6 rings (SSSR count). The Kier molecular flexibility index (Phi) is 6.49. The molecule has 4 aliphatic rings. The van der Waals surface area contributed by atoms with Gasteiger partial charge in [0.1, 0.15) is 4.75 Å². The van der Waals surface area contributed by atoms with Crippen molar-refractivity contribution in [1.82, 2.24) is 4.72 Å². The van der Waals surface area contributed by atoms with Gasteiger partial charge in [-0.3, -0.25) is 0 Å². The summed E-state index contributed by atoms with van der Waals surface area (Å²) in [5, 5.41) is 2.87. The second kappa shape index (κ2) is 9.06. The molecule has 0 heterocycles. The third kappa shape index (κ3) is 4.69. The molecule has 2 aromatic carbocycles. The fraction of sp³-hybridized carbons (Fsp3) is 0.571. The molecule has 4 fully saturated rings. The normalized spacial score (nSPS) is 31.1. The Balaban J connectivity index is 1.51. The van der Waals surface area contributed by atoms with Gasteiger partial charge < -0.3 is 4.55 Å². The van der Waals surface area contributed by atoms with Crippen LogP contribution in [0.1, 0.15) is 59.3 Å². The third-order valence-corrected chi connectivity index (χ3v) is 12.3. The molecule has 4 aliphatic carbocycles. The second-order valence-corrected chi connectivity index (χ2v) is 15.9. The quantitative estimate of drug-likeness (QED) is 0.415. The lowest BCUT2D eigenvalue weighted by atomic mass is 9.48. The Labute approximate surface area is 199 Å². The highest BCUT2D eigenvalue weighted by Gasteiger charge is 2.55. The maximum atomic E-state index is 13.4. The summed E-state index contributed by atoms with van der Waals surface area (Å²) in [6.07, 6.45) is 9.43. The first-order valence-corrected chi connectivity index (χ1v) is 15.1. The van der Waals surface area contributed by atoms with Crippen molar-refractivity contribution in [2.24, 2.45) is 23.2 Å². The zero-order valence-corrected chi connectivity index (χ0v) is 21.5. The van der Waals surface area contributed by atoms with Crippen LogP contribution < -0.4 is 15.3 Å². The summed E-state index contributed by atoms with van der Waals surface area (Å²) in [7, 11) is -0.506. The van der Waals surface area contributed by atoms with Crippen LogP contribution in [0.3, 0.4) is 0 Å². The number of hydrogen-bond acceptors (Lipinski definition) is 2. The van der Waals surface area contributed by atoms with Crippen molar-refractivity contribution in [3.63, 3.8) is 0 Å². The number of hydrogen-bond donors (Lipinski definition) is 1.